The van der Waals surface area contributed by atoms with Crippen LogP contribution in [0.2, 0.25) is 0 Å². The summed E-state index contributed by atoms with van der Waals surface area (Å²) in [5.41, 5.74) is 3.01. The highest BCUT2D eigenvalue weighted by Gasteiger charge is 2.10. The lowest BCUT2D eigenvalue weighted by molar-refractivity contribution is 0.528. The number of aromatic amines is 1. The average molecular weight is 294 g/mol. The molecule has 6 heteroatoms. The first-order chi connectivity index (χ1) is 8.16. The van der Waals surface area contributed by atoms with Gasteiger partial charge in [0.2, 0.25) is 0 Å². The Morgan fingerprint density at radius 1 is 1.47 bits per heavy atom. The number of imidazole rings is 1. The quantitative estimate of drug-likeness (QED) is 0.749. The van der Waals surface area contributed by atoms with Gasteiger partial charge in [-0.1, -0.05) is 6.07 Å². The van der Waals surface area contributed by atoms with Crippen LogP contribution in [-0.4, -0.2) is 14.5 Å². The van der Waals surface area contributed by atoms with Gasteiger partial charge in [-0.15, -0.1) is 0 Å². The van der Waals surface area contributed by atoms with Gasteiger partial charge in [-0.05, 0) is 28.1 Å². The van der Waals surface area contributed by atoms with Crippen molar-refractivity contribution in [2.24, 2.45) is 7.05 Å². The molecule has 1 N–H and O–H groups in total. The molecule has 0 radical (unpaired) electrons. The predicted molar refractivity (Wildman–Crippen MR) is 66.7 cm³/mol. The third-order valence-electron chi connectivity index (χ3n) is 2.66. The normalized spacial score (nSPS) is 11.2. The van der Waals surface area contributed by atoms with Crippen molar-refractivity contribution in [1.29, 1.82) is 0 Å². The number of hydrogen-bond donors (Lipinski definition) is 1. The van der Waals surface area contributed by atoms with Gasteiger partial charge < -0.3 is 9.40 Å². The van der Waals surface area contributed by atoms with E-state index in [2.05, 4.69) is 25.9 Å². The maximum absolute atomic E-state index is 11.4. The molecular formula is C11H8BrN3O2. The molecule has 0 amide bonds. The van der Waals surface area contributed by atoms with Gasteiger partial charge >= 0.3 is 5.76 Å². The fraction of sp³-hybridized carbons (Fsp3) is 0.0909. The number of halogens is 1. The van der Waals surface area contributed by atoms with Gasteiger partial charge in [-0.25, -0.2) is 9.78 Å². The number of aryl methyl sites for hydroxylation is 1. The first kappa shape index (κ1) is 10.3. The zero-order valence-electron chi connectivity index (χ0n) is 8.90. The second-order valence-corrected chi connectivity index (χ2v) is 4.47. The number of oxazole rings is 1. The van der Waals surface area contributed by atoms with Crippen molar-refractivity contribution < 1.29 is 4.42 Å². The van der Waals surface area contributed by atoms with Crippen LogP contribution in [0.25, 0.3) is 22.4 Å². The fourth-order valence-electron chi connectivity index (χ4n) is 1.76. The first-order valence-corrected chi connectivity index (χ1v) is 5.75. The highest BCUT2D eigenvalue weighted by Crippen LogP contribution is 2.27. The minimum atomic E-state index is -0.363. The molecule has 0 saturated heterocycles. The predicted octanol–water partition coefficient (Wildman–Crippen LogP) is 2.28. The highest BCUT2D eigenvalue weighted by molar-refractivity contribution is 9.10. The van der Waals surface area contributed by atoms with Crippen LogP contribution in [0, 0.1) is 0 Å². The minimum Gasteiger partial charge on any atom is -0.408 e. The molecule has 17 heavy (non-hydrogen) atoms. The number of hydrogen-bond acceptors (Lipinski definition) is 3. The van der Waals surface area contributed by atoms with Crippen LogP contribution in [0.15, 0.2) is 38.3 Å². The molecule has 1 aromatic carbocycles. The van der Waals surface area contributed by atoms with Gasteiger partial charge in [-0.2, -0.15) is 0 Å². The molecule has 86 valence electrons. The number of aromatic nitrogens is 3. The summed E-state index contributed by atoms with van der Waals surface area (Å²) in [6, 6.07) is 5.55. The van der Waals surface area contributed by atoms with Gasteiger partial charge in [0, 0.05) is 12.6 Å². The number of nitrogens with one attached hydrogen (secondary N) is 1. The smallest absolute Gasteiger partial charge is 0.408 e. The second kappa shape index (κ2) is 3.59. The van der Waals surface area contributed by atoms with E-state index in [0.717, 1.165) is 21.4 Å². The zero-order chi connectivity index (χ0) is 12.0. The molecule has 0 atom stereocenters. The van der Waals surface area contributed by atoms with E-state index >= 15 is 0 Å². The van der Waals surface area contributed by atoms with Gasteiger partial charge in [0.1, 0.15) is 10.3 Å². The molecule has 3 aromatic rings. The minimum absolute atomic E-state index is 0.363. The van der Waals surface area contributed by atoms with E-state index in [9.17, 15) is 4.79 Å². The van der Waals surface area contributed by atoms with Crippen LogP contribution in [0.3, 0.4) is 0 Å². The molecule has 5 nitrogen and oxygen atoms in total. The molecule has 0 aliphatic rings. The summed E-state index contributed by atoms with van der Waals surface area (Å²) >= 11 is 3.37. The Morgan fingerprint density at radius 2 is 2.29 bits per heavy atom. The largest absolute Gasteiger partial charge is 0.419 e. The molecule has 3 rings (SSSR count). The lowest BCUT2D eigenvalue weighted by atomic mass is 10.1. The van der Waals surface area contributed by atoms with E-state index in [-0.39, 0.29) is 5.76 Å². The Kier molecular flexibility index (Phi) is 2.19. The van der Waals surface area contributed by atoms with Crippen molar-refractivity contribution in [1.82, 2.24) is 14.5 Å². The standard InChI is InChI=1S/C11H8BrN3O2/c1-15-7-3-2-6(4-8(7)17-11(15)16)9-10(12)14-5-13-9/h2-5H,1H3,(H,13,14). The molecular weight excluding hydrogens is 286 g/mol. The van der Waals surface area contributed by atoms with Gasteiger partial charge in [0.05, 0.1) is 11.8 Å². The SMILES string of the molecule is Cn1c(=O)oc2cc(-c3nc[nH]c3Br)ccc21. The van der Waals surface area contributed by atoms with Crippen molar-refractivity contribution in [3.8, 4) is 11.3 Å². The average Bonchev–Trinajstić information content (AvgIpc) is 2.84. The molecule has 0 bridgehead atoms. The number of H-pyrrole nitrogens is 1. The van der Waals surface area contributed by atoms with Crippen LogP contribution in [-0.2, 0) is 7.05 Å². The van der Waals surface area contributed by atoms with Gasteiger partial charge in [0.15, 0.2) is 5.58 Å². The highest BCUT2D eigenvalue weighted by atomic mass is 79.9. The molecule has 0 unspecified atom stereocenters. The van der Waals surface area contributed by atoms with Crippen LogP contribution >= 0.6 is 15.9 Å². The molecule has 0 aliphatic heterocycles. The summed E-state index contributed by atoms with van der Waals surface area (Å²) < 4.78 is 7.40. The van der Waals surface area contributed by atoms with Crippen LogP contribution in [0.5, 0.6) is 0 Å². The van der Waals surface area contributed by atoms with E-state index in [4.69, 9.17) is 4.42 Å². The maximum atomic E-state index is 11.4. The lowest BCUT2D eigenvalue weighted by Gasteiger charge is -1.98. The van der Waals surface area contributed by atoms with E-state index in [1.807, 2.05) is 12.1 Å². The van der Waals surface area contributed by atoms with E-state index in [1.54, 1.807) is 19.4 Å². The Bertz CT molecular complexity index is 754. The molecule has 0 saturated carbocycles. The maximum Gasteiger partial charge on any atom is 0.419 e. The Morgan fingerprint density at radius 3 is 3.00 bits per heavy atom. The van der Waals surface area contributed by atoms with Crippen molar-refractivity contribution in [3.63, 3.8) is 0 Å². The van der Waals surface area contributed by atoms with Crippen LogP contribution < -0.4 is 5.76 Å². The van der Waals surface area contributed by atoms with Gasteiger partial charge in [0.25, 0.3) is 0 Å². The second-order valence-electron chi connectivity index (χ2n) is 3.67. The van der Waals surface area contributed by atoms with E-state index < -0.39 is 0 Å². The van der Waals surface area contributed by atoms with Crippen molar-refractivity contribution >= 4 is 27.0 Å². The summed E-state index contributed by atoms with van der Waals surface area (Å²) in [5, 5.41) is 0. The Labute approximate surface area is 104 Å². The van der Waals surface area contributed by atoms with Crippen molar-refractivity contribution in [2.75, 3.05) is 0 Å². The lowest BCUT2D eigenvalue weighted by Crippen LogP contribution is -2.08. The number of benzene rings is 1. The summed E-state index contributed by atoms with van der Waals surface area (Å²) in [6.07, 6.45) is 1.60. The zero-order valence-corrected chi connectivity index (χ0v) is 10.5. The van der Waals surface area contributed by atoms with E-state index in [1.165, 1.54) is 4.57 Å². The molecule has 0 fully saturated rings. The summed E-state index contributed by atoms with van der Waals surface area (Å²) in [4.78, 5) is 18.5. The topological polar surface area (TPSA) is 63.8 Å². The fourth-order valence-corrected chi connectivity index (χ4v) is 2.19. The Balaban J connectivity index is 2.27. The number of nitrogens with zero attached hydrogens (tertiary/aromatic N) is 2. The third-order valence-corrected chi connectivity index (χ3v) is 3.26. The summed E-state index contributed by atoms with van der Waals surface area (Å²) in [5.74, 6) is -0.363. The molecule has 2 aromatic heterocycles. The molecule has 0 aliphatic carbocycles. The number of rotatable bonds is 1. The number of fused-ring (bicyclic) bond motifs is 1. The summed E-state index contributed by atoms with van der Waals surface area (Å²) in [6.45, 7) is 0. The van der Waals surface area contributed by atoms with Crippen LogP contribution in [0.1, 0.15) is 0 Å². The summed E-state index contributed by atoms with van der Waals surface area (Å²) in [7, 11) is 1.68. The first-order valence-electron chi connectivity index (χ1n) is 4.95. The van der Waals surface area contributed by atoms with Crippen molar-refractivity contribution in [3.05, 3.63) is 39.7 Å². The van der Waals surface area contributed by atoms with Gasteiger partial charge in [-0.3, -0.25) is 4.57 Å². The van der Waals surface area contributed by atoms with Crippen LogP contribution in [0.4, 0.5) is 0 Å². The molecule has 0 spiro atoms. The van der Waals surface area contributed by atoms with E-state index in [0.29, 0.717) is 5.58 Å². The monoisotopic (exact) mass is 293 g/mol. The Hall–Kier alpha value is -1.82. The third kappa shape index (κ3) is 1.52. The molecule has 2 heterocycles. The van der Waals surface area contributed by atoms with Crippen molar-refractivity contribution in [2.45, 2.75) is 0 Å².